The van der Waals surface area contributed by atoms with E-state index in [2.05, 4.69) is 38.1 Å². The van der Waals surface area contributed by atoms with E-state index < -0.39 is 0 Å². The van der Waals surface area contributed by atoms with Crippen LogP contribution in [0.3, 0.4) is 0 Å². The van der Waals surface area contributed by atoms with Gasteiger partial charge < -0.3 is 5.73 Å². The van der Waals surface area contributed by atoms with Gasteiger partial charge in [-0.3, -0.25) is 0 Å². The molecule has 1 aromatic carbocycles. The van der Waals surface area contributed by atoms with E-state index >= 15 is 0 Å². The highest BCUT2D eigenvalue weighted by Crippen LogP contribution is 2.41. The average molecular weight is 203 g/mol. The number of hydrogen-bond acceptors (Lipinski definition) is 1. The monoisotopic (exact) mass is 203 g/mol. The maximum atomic E-state index is 6.05. The maximum Gasteiger partial charge on any atom is 0.0101 e. The van der Waals surface area contributed by atoms with Gasteiger partial charge in [-0.2, -0.15) is 0 Å². The highest BCUT2D eigenvalue weighted by atomic mass is 14.6. The second-order valence-electron chi connectivity index (χ2n) is 5.03. The lowest BCUT2D eigenvalue weighted by molar-refractivity contribution is 0.271. The van der Waals surface area contributed by atoms with E-state index in [-0.39, 0.29) is 5.41 Å². The van der Waals surface area contributed by atoms with Crippen LogP contribution in [0.25, 0.3) is 0 Å². The smallest absolute Gasteiger partial charge is 0.0101 e. The zero-order valence-electron chi connectivity index (χ0n) is 9.79. The van der Waals surface area contributed by atoms with E-state index in [1.807, 2.05) is 0 Å². The maximum absolute atomic E-state index is 6.05. The van der Waals surface area contributed by atoms with E-state index in [4.69, 9.17) is 5.73 Å². The molecule has 1 aliphatic rings. The summed E-state index contributed by atoms with van der Waals surface area (Å²) < 4.78 is 0. The van der Waals surface area contributed by atoms with E-state index in [0.717, 1.165) is 6.54 Å². The molecule has 1 aliphatic carbocycles. The van der Waals surface area contributed by atoms with E-state index in [9.17, 15) is 0 Å². The van der Waals surface area contributed by atoms with Crippen LogP contribution in [0.2, 0.25) is 0 Å². The van der Waals surface area contributed by atoms with Gasteiger partial charge in [0.05, 0.1) is 0 Å². The molecule has 0 amide bonds. The summed E-state index contributed by atoms with van der Waals surface area (Å²) >= 11 is 0. The number of benzene rings is 1. The molecule has 0 bridgehead atoms. The van der Waals surface area contributed by atoms with Gasteiger partial charge in [0, 0.05) is 12.0 Å². The minimum Gasteiger partial charge on any atom is -0.330 e. The first kappa shape index (κ1) is 10.7. The zero-order valence-corrected chi connectivity index (χ0v) is 9.79. The van der Waals surface area contributed by atoms with Gasteiger partial charge >= 0.3 is 0 Å². The summed E-state index contributed by atoms with van der Waals surface area (Å²) in [6, 6.07) is 8.84. The van der Waals surface area contributed by atoms with Crippen molar-refractivity contribution in [3.05, 3.63) is 35.4 Å². The van der Waals surface area contributed by atoms with Gasteiger partial charge in [-0.15, -0.1) is 0 Å². The second kappa shape index (κ2) is 3.97. The molecule has 2 rings (SSSR count). The van der Waals surface area contributed by atoms with Crippen LogP contribution in [0.15, 0.2) is 24.3 Å². The largest absolute Gasteiger partial charge is 0.330 e. The quantitative estimate of drug-likeness (QED) is 0.786. The van der Waals surface area contributed by atoms with Crippen LogP contribution >= 0.6 is 0 Å². The summed E-state index contributed by atoms with van der Waals surface area (Å²) in [4.78, 5) is 0. The predicted molar refractivity (Wildman–Crippen MR) is 65.0 cm³/mol. The molecule has 0 saturated heterocycles. The fourth-order valence-electron chi connectivity index (χ4n) is 3.00. The second-order valence-corrected chi connectivity index (χ2v) is 5.03. The molecule has 1 heteroatoms. The van der Waals surface area contributed by atoms with Crippen LogP contribution in [-0.4, -0.2) is 6.54 Å². The van der Waals surface area contributed by atoms with Gasteiger partial charge in [0.25, 0.3) is 0 Å². The van der Waals surface area contributed by atoms with Crippen LogP contribution in [0.1, 0.15) is 37.8 Å². The number of fused-ring (bicyclic) bond motifs is 1. The van der Waals surface area contributed by atoms with Gasteiger partial charge in [0.15, 0.2) is 0 Å². The van der Waals surface area contributed by atoms with Crippen molar-refractivity contribution >= 4 is 0 Å². The van der Waals surface area contributed by atoms with Crippen LogP contribution in [-0.2, 0) is 11.8 Å². The molecule has 0 heterocycles. The first-order valence-electron chi connectivity index (χ1n) is 5.99. The Balaban J connectivity index is 2.52. The van der Waals surface area contributed by atoms with Crippen molar-refractivity contribution in [2.24, 2.45) is 11.7 Å². The van der Waals surface area contributed by atoms with Gasteiger partial charge in [0.2, 0.25) is 0 Å². The molecule has 0 aromatic heterocycles. The van der Waals surface area contributed by atoms with Gasteiger partial charge in [0.1, 0.15) is 0 Å². The van der Waals surface area contributed by atoms with Crippen molar-refractivity contribution < 1.29 is 0 Å². The minimum absolute atomic E-state index is 0.231. The Bertz CT molecular complexity index is 343. The third-order valence-electron chi connectivity index (χ3n) is 4.09. The Morgan fingerprint density at radius 3 is 2.73 bits per heavy atom. The fourth-order valence-corrected chi connectivity index (χ4v) is 3.00. The van der Waals surface area contributed by atoms with Crippen molar-refractivity contribution in [1.82, 2.24) is 0 Å². The Labute approximate surface area is 92.7 Å². The molecule has 1 aromatic rings. The molecule has 2 N–H and O–H groups in total. The van der Waals surface area contributed by atoms with Crippen molar-refractivity contribution in [3.8, 4) is 0 Å². The molecular formula is C14H21N. The van der Waals surface area contributed by atoms with Crippen molar-refractivity contribution in [2.45, 2.75) is 38.5 Å². The molecule has 0 fully saturated rings. The topological polar surface area (TPSA) is 26.0 Å². The van der Waals surface area contributed by atoms with Crippen LogP contribution < -0.4 is 5.73 Å². The molecule has 1 unspecified atom stereocenters. The molecule has 82 valence electrons. The molecule has 15 heavy (non-hydrogen) atoms. The first-order valence-corrected chi connectivity index (χ1v) is 5.99. The third-order valence-corrected chi connectivity index (χ3v) is 4.09. The number of hydrogen-bond donors (Lipinski definition) is 1. The normalized spacial score (nSPS) is 25.3. The standard InChI is InChI=1S/C14H21N/c1-11(2)14(10-15)9-5-7-12-6-3-4-8-13(12)14/h3-4,6,8,11H,5,7,9-10,15H2,1-2H3. The molecule has 0 radical (unpaired) electrons. The van der Waals surface area contributed by atoms with Crippen LogP contribution in [0, 0.1) is 5.92 Å². The Hall–Kier alpha value is -0.820. The van der Waals surface area contributed by atoms with Crippen molar-refractivity contribution in [3.63, 3.8) is 0 Å². The Morgan fingerprint density at radius 2 is 2.07 bits per heavy atom. The first-order chi connectivity index (χ1) is 7.20. The minimum atomic E-state index is 0.231. The lowest BCUT2D eigenvalue weighted by Crippen LogP contribution is -2.42. The molecule has 0 saturated carbocycles. The highest BCUT2D eigenvalue weighted by Gasteiger charge is 2.37. The fraction of sp³-hybridized carbons (Fsp3) is 0.571. The van der Waals surface area contributed by atoms with E-state index in [0.29, 0.717) is 5.92 Å². The molecule has 1 atom stereocenters. The summed E-state index contributed by atoms with van der Waals surface area (Å²) in [7, 11) is 0. The van der Waals surface area contributed by atoms with Crippen molar-refractivity contribution in [1.29, 1.82) is 0 Å². The molecular weight excluding hydrogens is 182 g/mol. The Kier molecular flexibility index (Phi) is 2.83. The van der Waals surface area contributed by atoms with Crippen LogP contribution in [0.5, 0.6) is 0 Å². The Morgan fingerprint density at radius 1 is 1.33 bits per heavy atom. The summed E-state index contributed by atoms with van der Waals surface area (Å²) in [6.45, 7) is 5.38. The predicted octanol–water partition coefficient (Wildman–Crippen LogP) is 2.88. The van der Waals surface area contributed by atoms with E-state index in [1.165, 1.54) is 30.4 Å². The lowest BCUT2D eigenvalue weighted by Gasteiger charge is -2.41. The number of nitrogens with two attached hydrogens (primary N) is 1. The average Bonchev–Trinajstić information content (AvgIpc) is 2.28. The summed E-state index contributed by atoms with van der Waals surface area (Å²) in [5.74, 6) is 0.629. The SMILES string of the molecule is CC(C)C1(CN)CCCc2ccccc21. The van der Waals surface area contributed by atoms with Gasteiger partial charge in [-0.25, -0.2) is 0 Å². The van der Waals surface area contributed by atoms with Gasteiger partial charge in [-0.05, 0) is 36.3 Å². The summed E-state index contributed by atoms with van der Waals surface area (Å²) in [6.07, 6.45) is 3.76. The molecule has 0 aliphatic heterocycles. The zero-order chi connectivity index (χ0) is 10.9. The highest BCUT2D eigenvalue weighted by molar-refractivity contribution is 5.37. The van der Waals surface area contributed by atoms with Gasteiger partial charge in [-0.1, -0.05) is 38.1 Å². The number of rotatable bonds is 2. The van der Waals surface area contributed by atoms with E-state index in [1.54, 1.807) is 0 Å². The molecule has 1 nitrogen and oxygen atoms in total. The third kappa shape index (κ3) is 1.59. The number of aryl methyl sites for hydroxylation is 1. The summed E-state index contributed by atoms with van der Waals surface area (Å²) in [5, 5.41) is 0. The van der Waals surface area contributed by atoms with Crippen LogP contribution in [0.4, 0.5) is 0 Å². The molecule has 0 spiro atoms. The lowest BCUT2D eigenvalue weighted by atomic mass is 9.64. The summed E-state index contributed by atoms with van der Waals surface area (Å²) in [5.41, 5.74) is 9.31. The van der Waals surface area contributed by atoms with Crippen molar-refractivity contribution in [2.75, 3.05) is 6.54 Å².